The van der Waals surface area contributed by atoms with Crippen molar-refractivity contribution < 1.29 is 4.74 Å². The Kier molecular flexibility index (Phi) is 4.40. The third-order valence-corrected chi connectivity index (χ3v) is 3.88. The van der Waals surface area contributed by atoms with Gasteiger partial charge in [-0.1, -0.05) is 54.1 Å². The third-order valence-electron chi connectivity index (χ3n) is 3.63. The summed E-state index contributed by atoms with van der Waals surface area (Å²) in [6.07, 6.45) is 1.80. The Labute approximate surface area is 135 Å². The Hall–Kier alpha value is -2.32. The first-order valence-electron chi connectivity index (χ1n) is 7.09. The molecule has 110 valence electrons. The lowest BCUT2D eigenvalue weighted by molar-refractivity contribution is 0.406. The zero-order valence-corrected chi connectivity index (χ0v) is 13.0. The van der Waals surface area contributed by atoms with E-state index < -0.39 is 0 Å². The van der Waals surface area contributed by atoms with Crippen LogP contribution in [-0.2, 0) is 0 Å². The quantitative estimate of drug-likeness (QED) is 0.682. The molecule has 0 saturated carbocycles. The van der Waals surface area contributed by atoms with Crippen molar-refractivity contribution in [2.45, 2.75) is 5.92 Å². The molecule has 0 unspecified atom stereocenters. The number of aromatic nitrogens is 1. The molecule has 0 radical (unpaired) electrons. The summed E-state index contributed by atoms with van der Waals surface area (Å²) in [5, 5.41) is 0.726. The van der Waals surface area contributed by atoms with Gasteiger partial charge in [0.15, 0.2) is 0 Å². The SMILES string of the molecule is COc1cccnc1[C@H](c1ccccc1)c1ccc(Cl)cc1. The van der Waals surface area contributed by atoms with Gasteiger partial charge in [0.05, 0.1) is 18.7 Å². The van der Waals surface area contributed by atoms with Crippen molar-refractivity contribution in [1.82, 2.24) is 4.98 Å². The molecule has 3 heteroatoms. The fourth-order valence-corrected chi connectivity index (χ4v) is 2.73. The van der Waals surface area contributed by atoms with Crippen molar-refractivity contribution in [3.05, 3.63) is 94.8 Å². The summed E-state index contributed by atoms with van der Waals surface area (Å²) >= 11 is 6.03. The summed E-state index contributed by atoms with van der Waals surface area (Å²) in [4.78, 5) is 4.57. The number of hydrogen-bond donors (Lipinski definition) is 0. The van der Waals surface area contributed by atoms with E-state index in [1.807, 2.05) is 54.6 Å². The fraction of sp³-hybridized carbons (Fsp3) is 0.105. The van der Waals surface area contributed by atoms with E-state index in [0.717, 1.165) is 22.0 Å². The molecule has 0 bridgehead atoms. The fourth-order valence-electron chi connectivity index (χ4n) is 2.60. The first-order valence-corrected chi connectivity index (χ1v) is 7.46. The molecule has 0 aliphatic rings. The van der Waals surface area contributed by atoms with Crippen molar-refractivity contribution in [3.63, 3.8) is 0 Å². The molecular formula is C19H16ClNO. The second kappa shape index (κ2) is 6.63. The van der Waals surface area contributed by atoms with Gasteiger partial charge >= 0.3 is 0 Å². The first-order chi connectivity index (χ1) is 10.8. The highest BCUT2D eigenvalue weighted by molar-refractivity contribution is 6.30. The van der Waals surface area contributed by atoms with E-state index >= 15 is 0 Å². The van der Waals surface area contributed by atoms with Crippen molar-refractivity contribution in [1.29, 1.82) is 0 Å². The third kappa shape index (κ3) is 2.97. The number of rotatable bonds is 4. The molecule has 0 fully saturated rings. The van der Waals surface area contributed by atoms with Gasteiger partial charge in [-0.2, -0.15) is 0 Å². The second-order valence-electron chi connectivity index (χ2n) is 4.99. The van der Waals surface area contributed by atoms with Crippen LogP contribution in [0.1, 0.15) is 22.7 Å². The summed E-state index contributed by atoms with van der Waals surface area (Å²) in [5.41, 5.74) is 3.20. The second-order valence-corrected chi connectivity index (χ2v) is 5.42. The highest BCUT2D eigenvalue weighted by Gasteiger charge is 2.21. The summed E-state index contributed by atoms with van der Waals surface area (Å²) in [7, 11) is 1.67. The first kappa shape index (κ1) is 14.6. The smallest absolute Gasteiger partial charge is 0.141 e. The molecule has 0 saturated heterocycles. The van der Waals surface area contributed by atoms with Gasteiger partial charge in [-0.25, -0.2) is 0 Å². The molecular weight excluding hydrogens is 294 g/mol. The largest absolute Gasteiger partial charge is 0.495 e. The summed E-state index contributed by atoms with van der Waals surface area (Å²) in [6, 6.07) is 22.0. The van der Waals surface area contributed by atoms with Gasteiger partial charge in [0.2, 0.25) is 0 Å². The Balaban J connectivity index is 2.17. The molecule has 0 N–H and O–H groups in total. The number of benzene rings is 2. The average molecular weight is 310 g/mol. The average Bonchev–Trinajstić information content (AvgIpc) is 2.58. The normalized spacial score (nSPS) is 11.9. The molecule has 1 atom stereocenters. The van der Waals surface area contributed by atoms with Crippen LogP contribution in [0.15, 0.2) is 72.9 Å². The molecule has 0 spiro atoms. The molecule has 1 heterocycles. The zero-order valence-electron chi connectivity index (χ0n) is 12.2. The minimum absolute atomic E-state index is 0.00890. The minimum atomic E-state index is 0.00890. The van der Waals surface area contributed by atoms with Gasteiger partial charge in [0, 0.05) is 11.2 Å². The van der Waals surface area contributed by atoms with Crippen LogP contribution in [0.25, 0.3) is 0 Å². The van der Waals surface area contributed by atoms with Gasteiger partial charge < -0.3 is 4.74 Å². The lowest BCUT2D eigenvalue weighted by Crippen LogP contribution is -2.07. The van der Waals surface area contributed by atoms with Gasteiger partial charge in [-0.3, -0.25) is 4.98 Å². The van der Waals surface area contributed by atoms with Crippen molar-refractivity contribution in [2.24, 2.45) is 0 Å². The lowest BCUT2D eigenvalue weighted by Gasteiger charge is -2.20. The van der Waals surface area contributed by atoms with Gasteiger partial charge in [-0.05, 0) is 35.4 Å². The van der Waals surface area contributed by atoms with Crippen LogP contribution in [0, 0.1) is 0 Å². The predicted octanol–water partition coefficient (Wildman–Crippen LogP) is 4.92. The maximum absolute atomic E-state index is 6.03. The number of hydrogen-bond acceptors (Lipinski definition) is 2. The Morgan fingerprint density at radius 2 is 1.55 bits per heavy atom. The van der Waals surface area contributed by atoms with Crippen molar-refractivity contribution >= 4 is 11.6 Å². The zero-order chi connectivity index (χ0) is 15.4. The number of pyridine rings is 1. The topological polar surface area (TPSA) is 22.1 Å². The standard InChI is InChI=1S/C19H16ClNO/c1-22-17-8-5-13-21-19(17)18(14-6-3-2-4-7-14)15-9-11-16(20)12-10-15/h2-13,18H,1H3/t18-/m1/s1. The van der Waals surface area contributed by atoms with E-state index in [1.165, 1.54) is 5.56 Å². The molecule has 1 aromatic heterocycles. The van der Waals surface area contributed by atoms with Crippen LogP contribution in [0.5, 0.6) is 5.75 Å². The van der Waals surface area contributed by atoms with Crippen molar-refractivity contribution in [2.75, 3.05) is 7.11 Å². The molecule has 3 aromatic rings. The van der Waals surface area contributed by atoms with Gasteiger partial charge in [0.25, 0.3) is 0 Å². The Morgan fingerprint density at radius 3 is 2.23 bits per heavy atom. The molecule has 0 amide bonds. The summed E-state index contributed by atoms with van der Waals surface area (Å²) in [6.45, 7) is 0. The van der Waals surface area contributed by atoms with E-state index in [9.17, 15) is 0 Å². The minimum Gasteiger partial charge on any atom is -0.495 e. The Morgan fingerprint density at radius 1 is 0.864 bits per heavy atom. The molecule has 2 nitrogen and oxygen atoms in total. The maximum atomic E-state index is 6.03. The number of ether oxygens (including phenoxy) is 1. The molecule has 0 aliphatic carbocycles. The van der Waals surface area contributed by atoms with E-state index in [1.54, 1.807) is 13.3 Å². The van der Waals surface area contributed by atoms with Crippen molar-refractivity contribution in [3.8, 4) is 5.75 Å². The maximum Gasteiger partial charge on any atom is 0.141 e. The highest BCUT2D eigenvalue weighted by atomic mass is 35.5. The molecule has 2 aromatic carbocycles. The Bertz CT molecular complexity index is 741. The van der Waals surface area contributed by atoms with Gasteiger partial charge in [0.1, 0.15) is 5.75 Å². The van der Waals surface area contributed by atoms with Crippen LogP contribution in [0.3, 0.4) is 0 Å². The van der Waals surface area contributed by atoms with Crippen LogP contribution in [0.2, 0.25) is 5.02 Å². The van der Waals surface area contributed by atoms with Crippen LogP contribution in [0.4, 0.5) is 0 Å². The van der Waals surface area contributed by atoms with E-state index in [4.69, 9.17) is 16.3 Å². The van der Waals surface area contributed by atoms with Crippen LogP contribution >= 0.6 is 11.6 Å². The number of nitrogens with zero attached hydrogens (tertiary/aromatic N) is 1. The summed E-state index contributed by atoms with van der Waals surface area (Å²) < 4.78 is 5.50. The van der Waals surface area contributed by atoms with E-state index in [-0.39, 0.29) is 5.92 Å². The van der Waals surface area contributed by atoms with E-state index in [2.05, 4.69) is 17.1 Å². The predicted molar refractivity (Wildman–Crippen MR) is 89.6 cm³/mol. The molecule has 0 aliphatic heterocycles. The van der Waals surface area contributed by atoms with Crippen LogP contribution < -0.4 is 4.74 Å². The number of methoxy groups -OCH3 is 1. The monoisotopic (exact) mass is 309 g/mol. The molecule has 22 heavy (non-hydrogen) atoms. The van der Waals surface area contributed by atoms with E-state index in [0.29, 0.717) is 0 Å². The molecule has 3 rings (SSSR count). The highest BCUT2D eigenvalue weighted by Crippen LogP contribution is 2.35. The summed E-state index contributed by atoms with van der Waals surface area (Å²) in [5.74, 6) is 0.793. The van der Waals surface area contributed by atoms with Crippen LogP contribution in [-0.4, -0.2) is 12.1 Å². The number of halogens is 1. The van der Waals surface area contributed by atoms with Gasteiger partial charge in [-0.15, -0.1) is 0 Å². The lowest BCUT2D eigenvalue weighted by atomic mass is 9.88.